The minimum Gasteiger partial charge on any atom is -0.409 e. The Morgan fingerprint density at radius 3 is 2.79 bits per heavy atom. The van der Waals surface area contributed by atoms with Crippen LogP contribution < -0.4 is 11.1 Å². The van der Waals surface area contributed by atoms with E-state index < -0.39 is 5.41 Å². The topological polar surface area (TPSA) is 127 Å². The summed E-state index contributed by atoms with van der Waals surface area (Å²) >= 11 is 0. The zero-order valence-corrected chi connectivity index (χ0v) is 10.7. The summed E-state index contributed by atoms with van der Waals surface area (Å²) in [5, 5.41) is 18.2. The lowest BCUT2D eigenvalue weighted by Crippen LogP contribution is -2.48. The summed E-state index contributed by atoms with van der Waals surface area (Å²) in [6, 6.07) is 0. The van der Waals surface area contributed by atoms with Crippen LogP contribution in [-0.4, -0.2) is 27.1 Å². The summed E-state index contributed by atoms with van der Waals surface area (Å²) in [5.74, 6) is 0.537. The van der Waals surface area contributed by atoms with E-state index in [1.807, 2.05) is 0 Å². The molecule has 1 aliphatic carbocycles. The minimum absolute atomic E-state index is 0.0378. The number of amides is 1. The van der Waals surface area contributed by atoms with Crippen LogP contribution in [0.2, 0.25) is 0 Å². The summed E-state index contributed by atoms with van der Waals surface area (Å²) in [7, 11) is 0. The molecule has 0 bridgehead atoms. The first-order valence-corrected chi connectivity index (χ1v) is 6.14. The molecule has 2 rings (SSSR count). The number of hydrogen-bond donors (Lipinski definition) is 3. The number of nitrogens with one attached hydrogen (secondary N) is 1. The van der Waals surface area contributed by atoms with E-state index in [1.165, 1.54) is 0 Å². The van der Waals surface area contributed by atoms with Crippen molar-refractivity contribution in [2.75, 3.05) is 0 Å². The van der Waals surface area contributed by atoms with Gasteiger partial charge in [0.05, 0.1) is 6.54 Å². The van der Waals surface area contributed by atoms with E-state index in [2.05, 4.69) is 20.6 Å². The van der Waals surface area contributed by atoms with Gasteiger partial charge in [-0.15, -0.1) is 0 Å². The minimum atomic E-state index is -0.913. The third-order valence-electron chi connectivity index (χ3n) is 3.46. The van der Waals surface area contributed by atoms with Crippen LogP contribution in [0.5, 0.6) is 0 Å². The van der Waals surface area contributed by atoms with Gasteiger partial charge in [0.2, 0.25) is 11.8 Å². The molecule has 8 nitrogen and oxygen atoms in total. The largest absolute Gasteiger partial charge is 0.409 e. The number of oxime groups is 1. The first-order valence-electron chi connectivity index (χ1n) is 6.14. The summed E-state index contributed by atoms with van der Waals surface area (Å²) in [6.45, 7) is 1.84. The molecule has 1 heterocycles. The summed E-state index contributed by atoms with van der Waals surface area (Å²) in [6.07, 6.45) is 2.92. The number of hydrogen-bond acceptors (Lipinski definition) is 6. The molecule has 19 heavy (non-hydrogen) atoms. The van der Waals surface area contributed by atoms with Crippen LogP contribution in [0.3, 0.4) is 0 Å². The van der Waals surface area contributed by atoms with E-state index in [1.54, 1.807) is 6.92 Å². The Bertz CT molecular complexity index is 490. The average Bonchev–Trinajstić information content (AvgIpc) is 3.04. The molecule has 0 saturated heterocycles. The van der Waals surface area contributed by atoms with E-state index in [4.69, 9.17) is 15.5 Å². The molecule has 8 heteroatoms. The van der Waals surface area contributed by atoms with Gasteiger partial charge in [-0.2, -0.15) is 4.98 Å². The maximum Gasteiger partial charge on any atom is 0.246 e. The molecular formula is C11H17N5O3. The molecule has 1 aromatic rings. The van der Waals surface area contributed by atoms with Crippen molar-refractivity contribution >= 4 is 11.7 Å². The first-order chi connectivity index (χ1) is 9.08. The second kappa shape index (κ2) is 5.25. The van der Waals surface area contributed by atoms with Crippen LogP contribution in [0.1, 0.15) is 37.4 Å². The van der Waals surface area contributed by atoms with Crippen LogP contribution >= 0.6 is 0 Å². The molecule has 0 radical (unpaired) electrons. The lowest BCUT2D eigenvalue weighted by Gasteiger charge is -2.25. The van der Waals surface area contributed by atoms with Gasteiger partial charge in [-0.05, 0) is 19.8 Å². The van der Waals surface area contributed by atoms with Crippen molar-refractivity contribution in [2.24, 2.45) is 16.3 Å². The maximum atomic E-state index is 12.3. The fourth-order valence-electron chi connectivity index (χ4n) is 2.41. The standard InChI is InChI=1S/C11H17N5O3/c1-7-14-8(19-16-7)6-13-10(17)11(9(12)15-18)4-2-3-5-11/h18H,2-6H2,1H3,(H2,12,15)(H,13,17). The lowest BCUT2D eigenvalue weighted by molar-refractivity contribution is -0.127. The number of carbonyl (C=O) groups is 1. The van der Waals surface area contributed by atoms with Crippen LogP contribution in [0.4, 0.5) is 0 Å². The predicted molar refractivity (Wildman–Crippen MR) is 65.2 cm³/mol. The molecular weight excluding hydrogens is 250 g/mol. The number of nitrogens with two attached hydrogens (primary N) is 1. The molecule has 4 N–H and O–H groups in total. The molecule has 1 saturated carbocycles. The van der Waals surface area contributed by atoms with Crippen molar-refractivity contribution in [3.05, 3.63) is 11.7 Å². The van der Waals surface area contributed by atoms with Crippen LogP contribution in [0.15, 0.2) is 9.68 Å². The smallest absolute Gasteiger partial charge is 0.246 e. The van der Waals surface area contributed by atoms with Gasteiger partial charge >= 0.3 is 0 Å². The van der Waals surface area contributed by atoms with E-state index in [0.717, 1.165) is 12.8 Å². The van der Waals surface area contributed by atoms with E-state index in [0.29, 0.717) is 24.6 Å². The molecule has 0 aromatic carbocycles. The Balaban J connectivity index is 2.04. The van der Waals surface area contributed by atoms with Crippen molar-refractivity contribution < 1.29 is 14.5 Å². The van der Waals surface area contributed by atoms with Crippen molar-refractivity contribution in [2.45, 2.75) is 39.2 Å². The summed E-state index contributed by atoms with van der Waals surface area (Å²) < 4.78 is 4.91. The highest BCUT2D eigenvalue weighted by molar-refractivity contribution is 6.06. The summed E-state index contributed by atoms with van der Waals surface area (Å²) in [4.78, 5) is 16.3. The van der Waals surface area contributed by atoms with E-state index in [9.17, 15) is 4.79 Å². The van der Waals surface area contributed by atoms with Gasteiger partial charge in [-0.3, -0.25) is 4.79 Å². The van der Waals surface area contributed by atoms with Gasteiger partial charge in [-0.25, -0.2) is 0 Å². The second-order valence-electron chi connectivity index (χ2n) is 4.69. The zero-order chi connectivity index (χ0) is 13.9. The van der Waals surface area contributed by atoms with Crippen molar-refractivity contribution in [3.63, 3.8) is 0 Å². The molecule has 104 valence electrons. The Hall–Kier alpha value is -2.12. The van der Waals surface area contributed by atoms with Gasteiger partial charge in [0.1, 0.15) is 5.41 Å². The first kappa shape index (κ1) is 13.3. The Morgan fingerprint density at radius 1 is 1.58 bits per heavy atom. The quantitative estimate of drug-likeness (QED) is 0.311. The van der Waals surface area contributed by atoms with Crippen LogP contribution in [0, 0.1) is 12.3 Å². The molecule has 1 amide bonds. The van der Waals surface area contributed by atoms with E-state index in [-0.39, 0.29) is 18.3 Å². The van der Waals surface area contributed by atoms with Gasteiger partial charge in [0.15, 0.2) is 11.7 Å². The van der Waals surface area contributed by atoms with Crippen molar-refractivity contribution in [1.82, 2.24) is 15.5 Å². The number of aryl methyl sites for hydroxylation is 1. The molecule has 1 aliphatic rings. The van der Waals surface area contributed by atoms with Crippen molar-refractivity contribution in [3.8, 4) is 0 Å². The highest BCUT2D eigenvalue weighted by atomic mass is 16.5. The predicted octanol–water partition coefficient (Wildman–Crippen LogP) is 0.301. The second-order valence-corrected chi connectivity index (χ2v) is 4.69. The monoisotopic (exact) mass is 267 g/mol. The lowest BCUT2D eigenvalue weighted by atomic mass is 9.84. The normalized spacial score (nSPS) is 18.5. The molecule has 1 aromatic heterocycles. The number of amidine groups is 1. The van der Waals surface area contributed by atoms with Gasteiger partial charge in [0, 0.05) is 0 Å². The fraction of sp³-hybridized carbons (Fsp3) is 0.636. The number of aromatic nitrogens is 2. The Kier molecular flexibility index (Phi) is 3.68. The Labute approximate surface area is 110 Å². The highest BCUT2D eigenvalue weighted by Gasteiger charge is 2.45. The van der Waals surface area contributed by atoms with Crippen molar-refractivity contribution in [1.29, 1.82) is 0 Å². The van der Waals surface area contributed by atoms with Gasteiger partial charge in [-0.1, -0.05) is 23.2 Å². The van der Waals surface area contributed by atoms with Crippen LogP contribution in [0.25, 0.3) is 0 Å². The van der Waals surface area contributed by atoms with Gasteiger partial charge in [0.25, 0.3) is 0 Å². The van der Waals surface area contributed by atoms with Gasteiger partial charge < -0.3 is 20.8 Å². The third kappa shape index (κ3) is 2.51. The van der Waals surface area contributed by atoms with Crippen LogP contribution in [-0.2, 0) is 11.3 Å². The average molecular weight is 267 g/mol. The number of rotatable bonds is 4. The number of nitrogens with zero attached hydrogens (tertiary/aromatic N) is 3. The third-order valence-corrected chi connectivity index (χ3v) is 3.46. The molecule has 0 unspecified atom stereocenters. The summed E-state index contributed by atoms with van der Waals surface area (Å²) in [5.41, 5.74) is 4.76. The zero-order valence-electron chi connectivity index (χ0n) is 10.7. The molecule has 0 aliphatic heterocycles. The SMILES string of the molecule is Cc1noc(CNC(=O)C2(C(N)=NO)CCCC2)n1. The molecule has 1 fully saturated rings. The number of carbonyl (C=O) groups excluding carboxylic acids is 1. The maximum absolute atomic E-state index is 12.3. The van der Waals surface area contributed by atoms with E-state index >= 15 is 0 Å². The Morgan fingerprint density at radius 2 is 2.26 bits per heavy atom. The molecule has 0 spiro atoms. The fourth-order valence-corrected chi connectivity index (χ4v) is 2.41. The molecule has 0 atom stereocenters. The highest BCUT2D eigenvalue weighted by Crippen LogP contribution is 2.38.